The van der Waals surface area contributed by atoms with Crippen LogP contribution in [0.3, 0.4) is 0 Å². The summed E-state index contributed by atoms with van der Waals surface area (Å²) in [5, 5.41) is 123. The van der Waals surface area contributed by atoms with Gasteiger partial charge in [0.15, 0.2) is 31.0 Å². The van der Waals surface area contributed by atoms with Crippen molar-refractivity contribution in [2.75, 3.05) is 114 Å². The van der Waals surface area contributed by atoms with Gasteiger partial charge in [-0.3, -0.25) is 37.7 Å². The van der Waals surface area contributed by atoms with Crippen LogP contribution in [0.1, 0.15) is 166 Å². The van der Waals surface area contributed by atoms with Gasteiger partial charge in [-0.25, -0.2) is 49.8 Å². The molecule has 10 aromatic rings. The Labute approximate surface area is 816 Å². The second-order valence-corrected chi connectivity index (χ2v) is 37.5. The minimum atomic E-state index is -4.46. The van der Waals surface area contributed by atoms with Crippen molar-refractivity contribution < 1.29 is 177 Å². The van der Waals surface area contributed by atoms with E-state index >= 15 is 0 Å². The number of carbonyl (C=O) groups excluding carboxylic acids is 5. The van der Waals surface area contributed by atoms with Crippen molar-refractivity contribution in [3.05, 3.63) is 87.9 Å². The number of amides is 5. The van der Waals surface area contributed by atoms with E-state index in [1.807, 2.05) is 13.8 Å². The van der Waals surface area contributed by atoms with Crippen molar-refractivity contribution in [3.8, 4) is 0 Å². The number of carbonyl (C=O) groups is 5. The predicted octanol–water partition coefficient (Wildman–Crippen LogP) is -4.92. The maximum absolute atomic E-state index is 12.5. The van der Waals surface area contributed by atoms with E-state index in [1.165, 1.54) is 32.4 Å². The first-order valence-electron chi connectivity index (χ1n) is 46.1. The predicted molar refractivity (Wildman–Crippen MR) is 496 cm³/mol. The van der Waals surface area contributed by atoms with Crippen molar-refractivity contribution in [2.24, 2.45) is 28.7 Å². The van der Waals surface area contributed by atoms with E-state index < -0.39 is 220 Å². The average molecular weight is 2090 g/mol. The molecule has 0 spiro atoms. The second-order valence-electron chi connectivity index (χ2n) is 32.1. The largest absolute Gasteiger partial charge is 0.394 e. The van der Waals surface area contributed by atoms with Crippen LogP contribution in [-0.2, 0) is 82.7 Å². The number of aliphatic hydroxyl groups is 12. The summed E-state index contributed by atoms with van der Waals surface area (Å²) in [6.45, 7) is 12.2. The standard InChI is InChI=1S/C19H30N5O9P.C18H28N5O8P.C15H21N5O5.C14H20N5O8P.C14H19N5O5/c1-3-30-5-4-6-32-34(28,29)9-31-8-12-14(25)15(26)19(33-12)24-7-11(17(21)27)13-16(20)22-10(2)23-18(13)24;1-4-29-32(27,30-5-2)8-28-7-11-13(24)14(25)18(31-11)23-6-10(16(20)26)12-15(19)21-9(3)22-17(12)23;1-2-3-8-18-12(16)9-6(13(17)24)4-20(14(9)19-8)15-11(23)10(22)7(5-21)25-15;1-5-17-11(15)8-6(12(16)22)2-19(13(8)18-5)14-10(21)9(20)7(27-14)3-26-4-28(23,24)25;1-2-7-17-11(15)8-5(12(16)23)3-19(13(8)18-7)14-10(22)9(21)6(4-20)24-14/h7,12,14-15,19,25-26H,3-6,8-9H2,1-2H3,(H2,21,27)(H,28,29)(H2,20,22,23);6,11,13-14,18,24-25H,4-5,7-8H2,1-3H3,(H2,20,26)(H2,19,21,22);4,7,10-11,15,21-23H,2-3,5H2,1H3,(H2,17,24)(H2,16,18,19);2,7,9-10,14,20-21H,3-4H2,1H3,(H2,16,22)(H2,15,17,18)(H2,23,24,25);3,6,9-10,14,20-22H,2,4H2,1H3,(H2,16,23)(H2,15,17,18)/i19D;18D;15D;2*14D. The number of primary amides is 5. The van der Waals surface area contributed by atoms with Gasteiger partial charge in [-0.05, 0) is 54.4 Å². The lowest BCUT2D eigenvalue weighted by molar-refractivity contribution is -0.0616. The molecular weight excluding hydrogens is 1960 g/mol. The Hall–Kier alpha value is -10.9. The van der Waals surface area contributed by atoms with Crippen LogP contribution in [0.2, 0.25) is 0 Å². The van der Waals surface area contributed by atoms with Crippen LogP contribution in [0.15, 0.2) is 31.0 Å². The van der Waals surface area contributed by atoms with E-state index in [2.05, 4.69) is 49.8 Å². The third-order valence-corrected chi connectivity index (χ3v) is 25.2. The van der Waals surface area contributed by atoms with Gasteiger partial charge in [-0.2, -0.15) is 0 Å². The Morgan fingerprint density at radius 2 is 0.650 bits per heavy atom. The van der Waals surface area contributed by atoms with Gasteiger partial charge in [0.2, 0.25) is 0 Å². The molecule has 0 aromatic carbocycles. The van der Waals surface area contributed by atoms with Gasteiger partial charge in [0.05, 0.1) is 114 Å². The number of nitrogens with zero attached hydrogens (tertiary/aromatic N) is 15. The summed E-state index contributed by atoms with van der Waals surface area (Å²) in [5.41, 5.74) is 56.4. The summed E-state index contributed by atoms with van der Waals surface area (Å²) in [6, 6.07) is 0. The zero-order chi connectivity index (χ0) is 110. The minimum absolute atomic E-state index is 0.00439. The molecule has 35 N–H and O–H groups in total. The zero-order valence-electron chi connectivity index (χ0n) is 82.8. The average Bonchev–Trinajstić information content (AvgIpc) is 1.59. The van der Waals surface area contributed by atoms with Crippen molar-refractivity contribution in [1.29, 1.82) is 0 Å². The normalized spacial score (nSPS) is 28.4. The van der Waals surface area contributed by atoms with Crippen LogP contribution >= 0.6 is 22.8 Å². The van der Waals surface area contributed by atoms with E-state index in [1.54, 1.807) is 27.7 Å². The Morgan fingerprint density at radius 3 is 0.930 bits per heavy atom. The molecule has 63 heteroatoms. The van der Waals surface area contributed by atoms with Crippen LogP contribution in [0.25, 0.3) is 55.2 Å². The number of rotatable bonds is 37. The highest BCUT2D eigenvalue weighted by molar-refractivity contribution is 7.53. The van der Waals surface area contributed by atoms with Crippen molar-refractivity contribution in [3.63, 3.8) is 0 Å². The topological polar surface area (TPSA) is 965 Å². The molecule has 21 unspecified atom stereocenters. The van der Waals surface area contributed by atoms with Crippen LogP contribution in [0, 0.1) is 20.8 Å². The summed E-state index contributed by atoms with van der Waals surface area (Å²) in [7, 11) is -12.1. The molecule has 15 heterocycles. The van der Waals surface area contributed by atoms with Crippen molar-refractivity contribution >= 4 is 137 Å². The molecule has 143 heavy (non-hydrogen) atoms. The Balaban J connectivity index is 0.000000177. The molecular formula is C80H118N25O35P3. The quantitative estimate of drug-likeness (QED) is 0.0128. The van der Waals surface area contributed by atoms with Gasteiger partial charge >= 0.3 is 22.8 Å². The molecule has 5 saturated heterocycles. The Bertz CT molecular complexity index is 6710. The van der Waals surface area contributed by atoms with Gasteiger partial charge in [0.25, 0.3) is 29.5 Å². The molecule has 10 aromatic heterocycles. The van der Waals surface area contributed by atoms with Crippen LogP contribution in [0.4, 0.5) is 29.1 Å². The molecule has 5 aliphatic rings. The number of aryl methyl sites for hydroxylation is 5. The number of anilines is 5. The van der Waals surface area contributed by atoms with Gasteiger partial charge < -0.3 is 212 Å². The molecule has 5 amide bonds. The highest BCUT2D eigenvalue weighted by Crippen LogP contribution is 2.49. The van der Waals surface area contributed by atoms with Crippen molar-refractivity contribution in [2.45, 2.75) is 204 Å². The molecule has 0 radical (unpaired) electrons. The van der Waals surface area contributed by atoms with Gasteiger partial charge in [-0.1, -0.05) is 13.8 Å². The van der Waals surface area contributed by atoms with Gasteiger partial charge in [0.1, 0.15) is 197 Å². The number of ether oxygens (including phenoxy) is 9. The number of nitrogens with two attached hydrogens (primary N) is 10. The number of hydrogen-bond donors (Lipinski definition) is 25. The summed E-state index contributed by atoms with van der Waals surface area (Å²) in [4.78, 5) is 128. The SMILES string of the molecule is [2H]C1(n2cc(C(N)=O)c3c(N)nc(C)nc32)OC(COCP(=O)(O)O)C(O)C1O.[2H]C1(n2cc(C(N)=O)c3c(N)nc(C)nc32)OC(COCP(=O)(O)OCCCOCC)C(O)C1O.[2H]C1(n2cc(C(N)=O)c3c(N)nc(C)nc32)OC(COCP(=O)(OCC)OCC)C(O)C1O.[2H]C1(n2cc(C(N)=O)c3c(N)nc(CC)nc32)OC(CO)C(O)C1O.[2H]C1(n2cc(C(N)=O)c3c(N)nc(CCC)nc32)OC(CO)C(O)C1O. The summed E-state index contributed by atoms with van der Waals surface area (Å²) < 4.78 is 147. The summed E-state index contributed by atoms with van der Waals surface area (Å²) in [5.74, 6) is -2.96. The monoisotopic (exact) mass is 2090 g/mol. The third-order valence-electron chi connectivity index (χ3n) is 21.8. The number of fused-ring (bicyclic) bond motifs is 5. The fourth-order valence-electron chi connectivity index (χ4n) is 15.3. The molecule has 15 rings (SSSR count). The van der Waals surface area contributed by atoms with E-state index in [0.717, 1.165) is 41.7 Å². The lowest BCUT2D eigenvalue weighted by Gasteiger charge is -2.19. The Kier molecular flexibility index (Phi) is 34.8. The number of aromatic nitrogens is 15. The fourth-order valence-corrected chi connectivity index (χ4v) is 17.8. The molecule has 0 saturated carbocycles. The molecule has 0 aliphatic carbocycles. The molecule has 0 bridgehead atoms. The smallest absolute Gasteiger partial charge is 0.356 e. The zero-order valence-corrected chi connectivity index (χ0v) is 80.4. The molecule has 788 valence electrons. The maximum Gasteiger partial charge on any atom is 0.356 e. The first-order chi connectivity index (χ1) is 69.2. The third kappa shape index (κ3) is 25.1. The van der Waals surface area contributed by atoms with E-state index in [9.17, 15) is 104 Å². The van der Waals surface area contributed by atoms with Gasteiger partial charge in [0, 0.05) is 57.0 Å². The molecule has 5 fully saturated rings. The summed E-state index contributed by atoms with van der Waals surface area (Å²) in [6.07, 6.45) is -28.4. The Morgan fingerprint density at radius 1 is 0.371 bits per heavy atom. The summed E-state index contributed by atoms with van der Waals surface area (Å²) >= 11 is 0. The number of hydrogen-bond acceptors (Lipinski definition) is 47. The van der Waals surface area contributed by atoms with E-state index in [4.69, 9.17) is 130 Å². The molecule has 5 aliphatic heterocycles. The highest BCUT2D eigenvalue weighted by atomic mass is 31.2. The second kappa shape index (κ2) is 47.5. The van der Waals surface area contributed by atoms with Crippen LogP contribution in [0.5, 0.6) is 0 Å². The molecule has 60 nitrogen and oxygen atoms in total. The molecule has 21 atom stereocenters. The van der Waals surface area contributed by atoms with Crippen LogP contribution < -0.4 is 57.3 Å². The van der Waals surface area contributed by atoms with Gasteiger partial charge in [-0.15, -0.1) is 0 Å². The lowest BCUT2D eigenvalue weighted by atomic mass is 10.1. The first kappa shape index (κ1) is 105. The van der Waals surface area contributed by atoms with Crippen LogP contribution in [-0.4, -0.2) is 355 Å². The highest BCUT2D eigenvalue weighted by Gasteiger charge is 2.51. The van der Waals surface area contributed by atoms with E-state index in [-0.39, 0.29) is 156 Å². The van der Waals surface area contributed by atoms with E-state index in [0.29, 0.717) is 44.1 Å². The lowest BCUT2D eigenvalue weighted by Crippen LogP contribution is -2.34. The number of aliphatic hydroxyl groups excluding tert-OH is 12. The first-order valence-corrected chi connectivity index (χ1v) is 48.9. The fraction of sp³-hybridized carbons (Fsp3) is 0.562. The number of nitrogen functional groups attached to an aromatic ring is 5. The maximum atomic E-state index is 12.5. The minimum Gasteiger partial charge on any atom is -0.394 e. The van der Waals surface area contributed by atoms with Crippen molar-refractivity contribution in [1.82, 2.24) is 72.7 Å².